The maximum absolute atomic E-state index is 13.4. The van der Waals surface area contributed by atoms with E-state index in [0.717, 1.165) is 0 Å². The number of carboxylic acid groups (broad SMARTS) is 1. The first-order valence-corrected chi connectivity index (χ1v) is 23.2. The summed E-state index contributed by atoms with van der Waals surface area (Å²) >= 11 is 8.23. The Morgan fingerprint density at radius 3 is 0.972 bits per heavy atom. The van der Waals surface area contributed by atoms with Crippen molar-refractivity contribution in [2.75, 3.05) is 11.5 Å². The van der Waals surface area contributed by atoms with Crippen LogP contribution in [0.5, 0.6) is 0 Å². The van der Waals surface area contributed by atoms with E-state index in [1.807, 2.05) is 5.32 Å². The number of carbonyl (C=O) groups is 14. The molecule has 0 radical (unpaired) electrons. The summed E-state index contributed by atoms with van der Waals surface area (Å²) in [4.78, 5) is 176. The monoisotopic (exact) mass is 1050 g/mol. The van der Waals surface area contributed by atoms with Crippen LogP contribution >= 0.6 is 25.3 Å². The number of primary amides is 4. The molecule has 13 amide bonds. The minimum absolute atomic E-state index is 0.00800. The number of nitrogens with two attached hydrogens (primary N) is 5. The van der Waals surface area contributed by atoms with Crippen LogP contribution < -0.4 is 76.5 Å². The third-order valence-corrected chi connectivity index (χ3v) is 10.4. The second-order valence-electron chi connectivity index (χ2n) is 17.1. The number of nitrogens with one attached hydrogen (secondary N) is 9. The van der Waals surface area contributed by atoms with E-state index in [-0.39, 0.29) is 36.2 Å². The Morgan fingerprint density at radius 1 is 0.366 bits per heavy atom. The van der Waals surface area contributed by atoms with Gasteiger partial charge in [-0.2, -0.15) is 25.3 Å². The fourth-order valence-corrected chi connectivity index (χ4v) is 6.56. The van der Waals surface area contributed by atoms with Crippen molar-refractivity contribution in [3.05, 3.63) is 0 Å². The first kappa shape index (κ1) is 64.2. The fraction of sp³-hybridized carbons (Fsp3) is 0.650. The number of carbonyl (C=O) groups excluding carboxylic acids is 13. The van der Waals surface area contributed by atoms with Crippen molar-refractivity contribution in [2.45, 2.75) is 140 Å². The number of carboxylic acids is 1. The molecule has 20 N–H and O–H groups in total. The first-order valence-electron chi connectivity index (χ1n) is 21.9. The molecule has 0 saturated carbocycles. The van der Waals surface area contributed by atoms with E-state index in [1.165, 1.54) is 13.8 Å². The highest BCUT2D eigenvalue weighted by Gasteiger charge is 2.35. The predicted octanol–water partition coefficient (Wildman–Crippen LogP) is -7.75. The van der Waals surface area contributed by atoms with E-state index >= 15 is 0 Å². The molecule has 0 heterocycles. The molecular weight excluding hydrogens is 981 g/mol. The Labute approximate surface area is 419 Å². The van der Waals surface area contributed by atoms with Gasteiger partial charge in [0.2, 0.25) is 76.8 Å². The Kier molecular flexibility index (Phi) is 28.5. The highest BCUT2D eigenvalue weighted by molar-refractivity contribution is 7.80. The maximum atomic E-state index is 13.4. The zero-order valence-corrected chi connectivity index (χ0v) is 41.8. The second-order valence-corrected chi connectivity index (χ2v) is 17.9. The van der Waals surface area contributed by atoms with Crippen LogP contribution in [0.2, 0.25) is 0 Å². The number of hydrogen-bond donors (Lipinski definition) is 17. The molecule has 29 nitrogen and oxygen atoms in total. The molecule has 0 aromatic carbocycles. The third kappa shape index (κ3) is 25.1. The molecular formula is C40H68N14O15S2. The number of aliphatic carboxylic acids is 1. The van der Waals surface area contributed by atoms with Gasteiger partial charge in [-0.3, -0.25) is 62.3 Å². The standard InChI is InChI=1S/C40H68N14O15S2/c1-15(2)7-20(50-36(64)22(10-28(43)56)49-33(61)19(41)9-27(42)55)34(62)46-18(6)32(60)53-26(14-71)39(67)54-25(13-70)38(66)47-17(5)31(59)48-21(8-16(3)4)35(63)51-23(11-29(44)57)37(65)52-24(40(68)69)12-30(45)58/h15-26,70-71H,7-14,41H2,1-6H3,(H2,42,55)(H2,43,56)(H2,44,57)(H2,45,58)(H,46,62)(H,47,66)(H,48,59)(H,49,61)(H,50,64)(H,51,63)(H,52,65)(H,53,60)(H,54,67)(H,68,69)/t17-,18-,19-,20-,21-,22-,23-,24-,25-,26-/m0/s1. The molecule has 0 aliphatic carbocycles. The summed E-state index contributed by atoms with van der Waals surface area (Å²) in [7, 11) is 0. The lowest BCUT2D eigenvalue weighted by Crippen LogP contribution is -2.60. The molecule has 71 heavy (non-hydrogen) atoms. The van der Waals surface area contributed by atoms with Gasteiger partial charge in [-0.1, -0.05) is 27.7 Å². The molecule has 0 aromatic heterocycles. The van der Waals surface area contributed by atoms with E-state index in [2.05, 4.69) is 67.8 Å². The lowest BCUT2D eigenvalue weighted by molar-refractivity contribution is -0.144. The number of thiol groups is 2. The molecule has 0 unspecified atom stereocenters. The number of rotatable bonds is 33. The zero-order valence-electron chi connectivity index (χ0n) is 40.0. The minimum atomic E-state index is -1.81. The van der Waals surface area contributed by atoms with Gasteiger partial charge in [0.1, 0.15) is 54.4 Å². The zero-order chi connectivity index (χ0) is 55.0. The van der Waals surface area contributed by atoms with Gasteiger partial charge in [0.25, 0.3) is 0 Å². The van der Waals surface area contributed by atoms with Crippen LogP contribution in [-0.4, -0.2) is 160 Å². The average molecular weight is 1050 g/mol. The summed E-state index contributed by atoms with van der Waals surface area (Å²) in [5.74, 6) is -15.8. The van der Waals surface area contributed by atoms with Gasteiger partial charge < -0.3 is 81.6 Å². The van der Waals surface area contributed by atoms with E-state index in [4.69, 9.17) is 28.7 Å². The molecule has 0 aliphatic heterocycles. The highest BCUT2D eigenvalue weighted by atomic mass is 32.1. The minimum Gasteiger partial charge on any atom is -0.480 e. The van der Waals surface area contributed by atoms with E-state index < -0.39 is 169 Å². The maximum Gasteiger partial charge on any atom is 0.326 e. The van der Waals surface area contributed by atoms with Gasteiger partial charge in [-0.15, -0.1) is 0 Å². The van der Waals surface area contributed by atoms with Gasteiger partial charge in [-0.05, 0) is 38.5 Å². The Bertz CT molecular complexity index is 1990. The van der Waals surface area contributed by atoms with Gasteiger partial charge in [-0.25, -0.2) is 4.79 Å². The molecule has 400 valence electrons. The lowest BCUT2D eigenvalue weighted by atomic mass is 10.0. The summed E-state index contributed by atoms with van der Waals surface area (Å²) in [5, 5.41) is 30.2. The molecule has 0 rings (SSSR count). The van der Waals surface area contributed by atoms with Crippen molar-refractivity contribution in [3.8, 4) is 0 Å². The number of hydrogen-bond acceptors (Lipinski definition) is 17. The molecule has 0 fully saturated rings. The average Bonchev–Trinajstić information content (AvgIpc) is 3.24. The van der Waals surface area contributed by atoms with Gasteiger partial charge in [0.05, 0.1) is 31.7 Å². The first-order chi connectivity index (χ1) is 32.8. The third-order valence-electron chi connectivity index (χ3n) is 9.67. The van der Waals surface area contributed by atoms with Crippen molar-refractivity contribution in [3.63, 3.8) is 0 Å². The predicted molar refractivity (Wildman–Crippen MR) is 256 cm³/mol. The van der Waals surface area contributed by atoms with Crippen LogP contribution in [0, 0.1) is 11.8 Å². The van der Waals surface area contributed by atoms with Crippen LogP contribution in [0.1, 0.15) is 80.1 Å². The normalized spacial score (nSPS) is 15.2. The van der Waals surface area contributed by atoms with Crippen molar-refractivity contribution < 1.29 is 72.2 Å². The number of amides is 13. The van der Waals surface area contributed by atoms with Crippen molar-refractivity contribution in [2.24, 2.45) is 40.5 Å². The fourth-order valence-electron chi connectivity index (χ4n) is 6.05. The van der Waals surface area contributed by atoms with Crippen molar-refractivity contribution >= 4 is 108 Å². The van der Waals surface area contributed by atoms with Crippen LogP contribution in [0.3, 0.4) is 0 Å². The lowest BCUT2D eigenvalue weighted by Gasteiger charge is -2.27. The molecule has 31 heteroatoms. The van der Waals surface area contributed by atoms with Gasteiger partial charge in [0.15, 0.2) is 0 Å². The van der Waals surface area contributed by atoms with Crippen LogP contribution in [-0.2, 0) is 67.1 Å². The molecule has 10 atom stereocenters. The van der Waals surface area contributed by atoms with Crippen molar-refractivity contribution in [1.82, 2.24) is 47.9 Å². The highest BCUT2D eigenvalue weighted by Crippen LogP contribution is 2.09. The van der Waals surface area contributed by atoms with E-state index in [0.29, 0.717) is 0 Å². The van der Waals surface area contributed by atoms with Gasteiger partial charge in [0, 0.05) is 11.5 Å². The largest absolute Gasteiger partial charge is 0.480 e. The Balaban J connectivity index is 5.89. The summed E-state index contributed by atoms with van der Waals surface area (Å²) < 4.78 is 0. The summed E-state index contributed by atoms with van der Waals surface area (Å²) in [6, 6.07) is -15.0. The molecule has 0 saturated heterocycles. The van der Waals surface area contributed by atoms with Crippen LogP contribution in [0.15, 0.2) is 0 Å². The van der Waals surface area contributed by atoms with Crippen LogP contribution in [0.25, 0.3) is 0 Å². The Hall–Kier alpha value is -6.76. The summed E-state index contributed by atoms with van der Waals surface area (Å²) in [5.41, 5.74) is 26.2. The molecule has 0 spiro atoms. The van der Waals surface area contributed by atoms with E-state index in [9.17, 15) is 72.2 Å². The van der Waals surface area contributed by atoms with Crippen LogP contribution in [0.4, 0.5) is 0 Å². The molecule has 0 bridgehead atoms. The molecule has 0 aromatic rings. The quantitative estimate of drug-likeness (QED) is 0.0272. The van der Waals surface area contributed by atoms with E-state index in [1.54, 1.807) is 27.7 Å². The SMILES string of the molecule is CC(C)C[C@H](NC(=O)[C@H](C)NC(=O)[C@H](CS)NC(=O)[C@H](CS)NC(=O)[C@H](C)NC(=O)[C@H](CC(C)C)NC(=O)[C@H](CC(N)=O)NC(=O)[C@@H](N)CC(N)=O)C(=O)N[C@@H](CC(N)=O)C(=O)N[C@@H](CC(N)=O)C(=O)O. The van der Waals surface area contributed by atoms with Gasteiger partial charge >= 0.3 is 5.97 Å². The smallest absolute Gasteiger partial charge is 0.326 e. The summed E-state index contributed by atoms with van der Waals surface area (Å²) in [6.07, 6.45) is -2.99. The van der Waals surface area contributed by atoms with Crippen molar-refractivity contribution in [1.29, 1.82) is 0 Å². The Morgan fingerprint density at radius 2 is 0.620 bits per heavy atom. The summed E-state index contributed by atoms with van der Waals surface area (Å²) in [6.45, 7) is 9.26. The molecule has 0 aliphatic rings. The topological polar surface area (TPSA) is 498 Å². The second kappa shape index (κ2) is 31.5.